The van der Waals surface area contributed by atoms with Crippen molar-refractivity contribution in [3.63, 3.8) is 0 Å². The molecule has 296 valence electrons. The van der Waals surface area contributed by atoms with E-state index >= 15 is 0 Å². The number of benzene rings is 3. The van der Waals surface area contributed by atoms with Crippen molar-refractivity contribution >= 4 is 20.4 Å². The van der Waals surface area contributed by atoms with Crippen molar-refractivity contribution in [1.82, 2.24) is 0 Å². The standard InChI is InChI=1S/C41H48NO11P.2Y/c1-28(43)12-21-40(44)52-36-24-29(2)51-39(36)27-49-54(48-23-22-42-4)53-37-25-30(3)50-38(37)26-47-41(31-10-8-7-9-11-31,32-13-17-34(45-5)18-14-32)33-15-19-35(46-6)20-16-33;;/h7-11,13-20,24-25,29-30,36-39H,12,21-23,26-27H2,1-3,5-6H3;;/q-2;;/t29-,30-,36?,37?,38+,39+,54?;;/m0../s1. The molecule has 0 bridgehead atoms. The van der Waals surface area contributed by atoms with Crippen molar-refractivity contribution in [3.8, 4) is 11.5 Å². The van der Waals surface area contributed by atoms with Crippen molar-refractivity contribution in [3.05, 3.63) is 120 Å². The fourth-order valence-electron chi connectivity index (χ4n) is 6.33. The van der Waals surface area contributed by atoms with Crippen molar-refractivity contribution in [2.45, 2.75) is 75.8 Å². The molecule has 3 aromatic rings. The number of carbonyl (C=O) groups is 2. The number of hydrogen-bond donors (Lipinski definition) is 0. The SMILES string of the molecule is [C-]#[N+]CCOP(OC[C@H]1O[C@@H](C)[CH-]C1OC(=O)CCC(C)=O)OC1[CH-][C@H](C)O[C@@H]1COC(c1ccccc1)(c1ccc(OC)cc1)c1ccc(OC)cc1.[Y].[Y]. The summed E-state index contributed by atoms with van der Waals surface area (Å²) in [4.78, 5) is 27.2. The Kier molecular flexibility index (Phi) is 21.2. The van der Waals surface area contributed by atoms with Crippen LogP contribution in [-0.4, -0.2) is 89.0 Å². The van der Waals surface area contributed by atoms with Crippen LogP contribution in [0.25, 0.3) is 4.85 Å². The van der Waals surface area contributed by atoms with Gasteiger partial charge in [0.15, 0.2) is 0 Å². The minimum absolute atomic E-state index is 0. The van der Waals surface area contributed by atoms with Crippen molar-refractivity contribution < 1.29 is 117 Å². The average Bonchev–Trinajstić information content (AvgIpc) is 3.72. The van der Waals surface area contributed by atoms with Crippen LogP contribution in [0.15, 0.2) is 78.9 Å². The first-order chi connectivity index (χ1) is 26.1. The van der Waals surface area contributed by atoms with Gasteiger partial charge in [0, 0.05) is 77.9 Å². The van der Waals surface area contributed by atoms with Crippen LogP contribution in [-0.2, 0) is 113 Å². The number of ketones is 1. The van der Waals surface area contributed by atoms with Crippen LogP contribution in [0.3, 0.4) is 0 Å². The van der Waals surface area contributed by atoms with E-state index in [0.29, 0.717) is 11.5 Å². The van der Waals surface area contributed by atoms with Gasteiger partial charge in [0.25, 0.3) is 0 Å². The molecule has 0 N–H and O–H groups in total. The van der Waals surface area contributed by atoms with E-state index in [1.54, 1.807) is 20.6 Å². The number of hydrogen-bond acceptors (Lipinski definition) is 11. The molecule has 3 aromatic carbocycles. The van der Waals surface area contributed by atoms with Gasteiger partial charge in [-0.1, -0.05) is 80.7 Å². The number of nitrogens with zero attached hydrogens (tertiary/aromatic N) is 1. The van der Waals surface area contributed by atoms with E-state index in [-0.39, 0.29) is 123 Å². The number of methoxy groups -OCH3 is 2. The third-order valence-electron chi connectivity index (χ3n) is 8.97. The fraction of sp³-hybridized carbons (Fsp3) is 0.439. The molecule has 0 aliphatic carbocycles. The third-order valence-corrected chi connectivity index (χ3v) is 10.1. The van der Waals surface area contributed by atoms with Crippen LogP contribution in [0, 0.1) is 19.4 Å². The first kappa shape index (κ1) is 48.7. The number of rotatable bonds is 20. The normalized spacial score (nSPS) is 22.2. The molecule has 15 heteroatoms. The molecule has 56 heavy (non-hydrogen) atoms. The summed E-state index contributed by atoms with van der Waals surface area (Å²) in [6.45, 7) is 12.7. The Labute approximate surface area is 381 Å². The molecular formula is C41H48NO11PY2-2. The minimum Gasteiger partial charge on any atom is -0.497 e. The molecular weight excluding hydrogens is 891 g/mol. The molecule has 2 fully saturated rings. The van der Waals surface area contributed by atoms with Gasteiger partial charge in [-0.05, 0) is 54.0 Å². The monoisotopic (exact) mass is 939 g/mol. The maximum Gasteiger partial charge on any atom is 0.330 e. The second-order valence-corrected chi connectivity index (χ2v) is 14.1. The maximum absolute atomic E-state index is 12.4. The van der Waals surface area contributed by atoms with Gasteiger partial charge in [0.1, 0.15) is 29.5 Å². The molecule has 0 saturated carbocycles. The second kappa shape index (κ2) is 24.4. The van der Waals surface area contributed by atoms with E-state index < -0.39 is 44.6 Å². The maximum atomic E-state index is 12.4. The van der Waals surface area contributed by atoms with E-state index in [0.717, 1.165) is 16.7 Å². The quantitative estimate of drug-likeness (QED) is 0.0390. The Morgan fingerprint density at radius 3 is 1.84 bits per heavy atom. The topological polar surface area (TPSA) is 122 Å². The number of ether oxygens (including phenoxy) is 6. The average molecular weight is 940 g/mol. The van der Waals surface area contributed by atoms with Crippen LogP contribution < -0.4 is 9.47 Å². The first-order valence-electron chi connectivity index (χ1n) is 17.9. The van der Waals surface area contributed by atoms with Gasteiger partial charge in [-0.25, -0.2) is 6.57 Å². The molecule has 0 amide bonds. The summed E-state index contributed by atoms with van der Waals surface area (Å²) >= 11 is 0. The zero-order chi connectivity index (χ0) is 38.5. The van der Waals surface area contributed by atoms with Crippen LogP contribution >= 0.6 is 8.60 Å². The largest absolute Gasteiger partial charge is 0.497 e. The first-order valence-corrected chi connectivity index (χ1v) is 19.0. The van der Waals surface area contributed by atoms with E-state index in [2.05, 4.69) is 4.85 Å². The molecule has 0 aromatic heterocycles. The Morgan fingerprint density at radius 2 is 1.30 bits per heavy atom. The van der Waals surface area contributed by atoms with Crippen LogP contribution in [0.4, 0.5) is 0 Å². The summed E-state index contributed by atoms with van der Waals surface area (Å²) in [7, 11) is 1.25. The Bertz CT molecular complexity index is 1630. The minimum atomic E-state index is -2.01. The Morgan fingerprint density at radius 1 is 0.768 bits per heavy atom. The van der Waals surface area contributed by atoms with Gasteiger partial charge in [-0.2, -0.15) is 0 Å². The summed E-state index contributed by atoms with van der Waals surface area (Å²) in [5.41, 5.74) is 1.58. The summed E-state index contributed by atoms with van der Waals surface area (Å²) in [5, 5.41) is 0. The van der Waals surface area contributed by atoms with Crippen molar-refractivity contribution in [1.29, 1.82) is 0 Å². The summed E-state index contributed by atoms with van der Waals surface area (Å²) < 4.78 is 54.6. The number of carbonyl (C=O) groups excluding carboxylic acids is 2. The zero-order valence-corrected chi connectivity index (χ0v) is 39.0. The second-order valence-electron chi connectivity index (χ2n) is 12.9. The van der Waals surface area contributed by atoms with E-state index in [4.69, 9.17) is 48.6 Å². The molecule has 0 spiro atoms. The van der Waals surface area contributed by atoms with Gasteiger partial charge >= 0.3 is 14.6 Å². The predicted molar refractivity (Wildman–Crippen MR) is 200 cm³/mol. The molecule has 5 rings (SSSR count). The smallest absolute Gasteiger partial charge is 0.330 e. The zero-order valence-electron chi connectivity index (χ0n) is 32.4. The molecule has 2 saturated heterocycles. The third kappa shape index (κ3) is 13.4. The molecule has 2 radical (unpaired) electrons. The molecule has 2 heterocycles. The van der Waals surface area contributed by atoms with Crippen LogP contribution in [0.2, 0.25) is 0 Å². The molecule has 2 aliphatic rings. The van der Waals surface area contributed by atoms with Gasteiger partial charge in [-0.3, -0.25) is 17.6 Å². The van der Waals surface area contributed by atoms with E-state index in [9.17, 15) is 9.59 Å². The number of esters is 1. The van der Waals surface area contributed by atoms with Crippen molar-refractivity contribution in [2.75, 3.05) is 40.6 Å². The fourth-order valence-corrected chi connectivity index (χ4v) is 7.43. The van der Waals surface area contributed by atoms with Gasteiger partial charge < -0.3 is 51.6 Å². The Hall–Kier alpha value is -1.71. The van der Waals surface area contributed by atoms with E-state index in [1.807, 2.05) is 99.1 Å². The van der Waals surface area contributed by atoms with Gasteiger partial charge in [-0.15, -0.1) is 0 Å². The summed E-state index contributed by atoms with van der Waals surface area (Å²) in [5.74, 6) is 0.840. The molecule has 3 unspecified atom stereocenters. The predicted octanol–water partition coefficient (Wildman–Crippen LogP) is 6.84. The summed E-state index contributed by atoms with van der Waals surface area (Å²) in [6.07, 6.45) is 0.761. The van der Waals surface area contributed by atoms with Crippen LogP contribution in [0.1, 0.15) is 50.3 Å². The van der Waals surface area contributed by atoms with Gasteiger partial charge in [0.05, 0.1) is 46.1 Å². The van der Waals surface area contributed by atoms with Gasteiger partial charge in [0.2, 0.25) is 6.54 Å². The van der Waals surface area contributed by atoms with Crippen molar-refractivity contribution in [2.24, 2.45) is 0 Å². The van der Waals surface area contributed by atoms with Crippen LogP contribution in [0.5, 0.6) is 11.5 Å². The van der Waals surface area contributed by atoms with E-state index in [1.165, 1.54) is 6.92 Å². The molecule has 2 aliphatic heterocycles. The molecule has 12 nitrogen and oxygen atoms in total. The summed E-state index contributed by atoms with van der Waals surface area (Å²) in [6, 6.07) is 25.6. The molecule has 7 atom stereocenters. The Balaban J connectivity index is 0.00000420. The number of Topliss-reactive ketones (excluding diaryl/α,β-unsaturated/α-hetero) is 1.